The zero-order chi connectivity index (χ0) is 13.5. The van der Waals surface area contributed by atoms with Crippen molar-refractivity contribution in [3.8, 4) is 0 Å². The predicted molar refractivity (Wildman–Crippen MR) is 106 cm³/mol. The van der Waals surface area contributed by atoms with Crippen LogP contribution in [-0.2, 0) is 6.42 Å². The van der Waals surface area contributed by atoms with E-state index >= 15 is 0 Å². The van der Waals surface area contributed by atoms with Crippen molar-refractivity contribution in [3.63, 3.8) is 0 Å². The lowest BCUT2D eigenvalue weighted by Crippen LogP contribution is -2.40. The molecule has 2 N–H and O–H groups in total. The summed E-state index contributed by atoms with van der Waals surface area (Å²) >= 11 is 7.35. The van der Waals surface area contributed by atoms with Crippen LogP contribution >= 0.6 is 63.0 Å². The number of aliphatic imine (C=N–C) groups is 1. The van der Waals surface area contributed by atoms with E-state index in [2.05, 4.69) is 55.5 Å². The molecule has 0 radical (unpaired) electrons. The van der Waals surface area contributed by atoms with Gasteiger partial charge in [0, 0.05) is 30.3 Å². The van der Waals surface area contributed by atoms with Crippen LogP contribution in [0.4, 0.5) is 0 Å². The zero-order valence-electron chi connectivity index (χ0n) is 11.5. The highest BCUT2D eigenvalue weighted by molar-refractivity contribution is 14.0. The van der Waals surface area contributed by atoms with Gasteiger partial charge in [0.15, 0.2) is 5.96 Å². The van der Waals surface area contributed by atoms with Gasteiger partial charge in [0.1, 0.15) is 0 Å². The topological polar surface area (TPSA) is 36.4 Å². The number of nitrogens with zero attached hydrogens (tertiary/aromatic N) is 1. The molecule has 0 saturated carbocycles. The minimum atomic E-state index is 0. The number of thiophene rings is 1. The fraction of sp³-hybridized carbons (Fsp3) is 0.615. The Kier molecular flexibility index (Phi) is 9.56. The van der Waals surface area contributed by atoms with Gasteiger partial charge in [0.05, 0.1) is 3.79 Å². The maximum Gasteiger partial charge on any atom is 0.191 e. The molecule has 7 heteroatoms. The normalized spacial score (nSPS) is 18.7. The standard InChI is InChI=1S/C13H20BrN3S2.HI/c1-15-13(17-9-11-3-2-8-18-11)16-7-6-10-4-5-12(14)19-10;/h4-5,11H,2-3,6-9H2,1H3,(H2,15,16,17);1H. The number of halogens is 2. The van der Waals surface area contributed by atoms with Gasteiger partial charge in [0.2, 0.25) is 0 Å². The van der Waals surface area contributed by atoms with Crippen LogP contribution < -0.4 is 10.6 Å². The molecular weight excluding hydrogens is 469 g/mol. The first kappa shape index (κ1) is 18.6. The molecule has 1 fully saturated rings. The monoisotopic (exact) mass is 489 g/mol. The summed E-state index contributed by atoms with van der Waals surface area (Å²) in [6, 6.07) is 4.27. The molecule has 1 atom stereocenters. The first-order chi connectivity index (χ1) is 9.28. The van der Waals surface area contributed by atoms with Crippen LogP contribution in [0.1, 0.15) is 17.7 Å². The third-order valence-corrected chi connectivity index (χ3v) is 6.12. The van der Waals surface area contributed by atoms with E-state index in [1.165, 1.54) is 27.3 Å². The van der Waals surface area contributed by atoms with Crippen molar-refractivity contribution in [1.82, 2.24) is 10.6 Å². The molecule has 0 aliphatic carbocycles. The second kappa shape index (κ2) is 10.3. The molecule has 0 amide bonds. The van der Waals surface area contributed by atoms with Crippen molar-refractivity contribution < 1.29 is 0 Å². The van der Waals surface area contributed by atoms with Crippen molar-refractivity contribution in [2.45, 2.75) is 24.5 Å². The van der Waals surface area contributed by atoms with Crippen molar-refractivity contribution in [2.24, 2.45) is 4.99 Å². The molecule has 2 heterocycles. The Hall–Kier alpha value is 0.530. The molecule has 1 aromatic rings. The SMILES string of the molecule is CN=C(NCCc1ccc(Br)s1)NCC1CCCS1.I. The van der Waals surface area contributed by atoms with Gasteiger partial charge in [-0.3, -0.25) is 4.99 Å². The Morgan fingerprint density at radius 2 is 2.30 bits per heavy atom. The lowest BCUT2D eigenvalue weighted by molar-refractivity contribution is 0.725. The minimum Gasteiger partial charge on any atom is -0.356 e. The van der Waals surface area contributed by atoms with E-state index in [-0.39, 0.29) is 24.0 Å². The van der Waals surface area contributed by atoms with Crippen LogP contribution in [0, 0.1) is 0 Å². The summed E-state index contributed by atoms with van der Waals surface area (Å²) in [4.78, 5) is 5.65. The Morgan fingerprint density at radius 1 is 1.45 bits per heavy atom. The molecule has 114 valence electrons. The van der Waals surface area contributed by atoms with E-state index in [0.29, 0.717) is 0 Å². The smallest absolute Gasteiger partial charge is 0.191 e. The number of nitrogens with one attached hydrogen (secondary N) is 2. The van der Waals surface area contributed by atoms with Gasteiger partial charge in [-0.25, -0.2) is 0 Å². The van der Waals surface area contributed by atoms with Gasteiger partial charge >= 0.3 is 0 Å². The average molecular weight is 490 g/mol. The lowest BCUT2D eigenvalue weighted by Gasteiger charge is -2.14. The summed E-state index contributed by atoms with van der Waals surface area (Å²) in [7, 11) is 1.83. The highest BCUT2D eigenvalue weighted by Gasteiger charge is 2.15. The molecular formula is C13H21BrIN3S2. The Bertz CT molecular complexity index is 420. The Morgan fingerprint density at radius 3 is 2.90 bits per heavy atom. The average Bonchev–Trinajstić information content (AvgIpc) is 3.05. The molecule has 0 bridgehead atoms. The van der Waals surface area contributed by atoms with Crippen LogP contribution in [0.2, 0.25) is 0 Å². The van der Waals surface area contributed by atoms with Crippen molar-refractivity contribution in [3.05, 3.63) is 20.8 Å². The molecule has 1 aromatic heterocycles. The van der Waals surface area contributed by atoms with E-state index in [1.807, 2.05) is 7.05 Å². The fourth-order valence-corrected chi connectivity index (χ4v) is 4.71. The second-order valence-electron chi connectivity index (χ2n) is 4.47. The number of rotatable bonds is 5. The molecule has 20 heavy (non-hydrogen) atoms. The number of hydrogen-bond donors (Lipinski definition) is 2. The predicted octanol–water partition coefficient (Wildman–Crippen LogP) is 3.73. The molecule has 1 aliphatic heterocycles. The van der Waals surface area contributed by atoms with Crippen molar-refractivity contribution in [1.29, 1.82) is 0 Å². The van der Waals surface area contributed by atoms with Gasteiger partial charge in [-0.05, 0) is 53.1 Å². The van der Waals surface area contributed by atoms with Crippen LogP contribution in [0.15, 0.2) is 20.9 Å². The van der Waals surface area contributed by atoms with Gasteiger partial charge in [0.25, 0.3) is 0 Å². The van der Waals surface area contributed by atoms with Gasteiger partial charge in [-0.2, -0.15) is 11.8 Å². The van der Waals surface area contributed by atoms with Crippen LogP contribution in [0.25, 0.3) is 0 Å². The van der Waals surface area contributed by atoms with Gasteiger partial charge < -0.3 is 10.6 Å². The Labute approximate surface area is 154 Å². The van der Waals surface area contributed by atoms with E-state index in [0.717, 1.165) is 30.7 Å². The molecule has 0 spiro atoms. The van der Waals surface area contributed by atoms with Gasteiger partial charge in [-0.1, -0.05) is 0 Å². The number of hydrogen-bond acceptors (Lipinski definition) is 3. The maximum atomic E-state index is 4.26. The minimum absolute atomic E-state index is 0. The Balaban J connectivity index is 0.00000200. The van der Waals surface area contributed by atoms with E-state index in [1.54, 1.807) is 11.3 Å². The first-order valence-electron chi connectivity index (χ1n) is 6.58. The van der Waals surface area contributed by atoms with Crippen LogP contribution in [0.3, 0.4) is 0 Å². The summed E-state index contributed by atoms with van der Waals surface area (Å²) in [5, 5.41) is 7.54. The highest BCUT2D eigenvalue weighted by Crippen LogP contribution is 2.25. The summed E-state index contributed by atoms with van der Waals surface area (Å²) in [5.74, 6) is 2.23. The van der Waals surface area contributed by atoms with Gasteiger partial charge in [-0.15, -0.1) is 35.3 Å². The summed E-state index contributed by atoms with van der Waals surface area (Å²) in [5.41, 5.74) is 0. The first-order valence-corrected chi connectivity index (χ1v) is 9.24. The van der Waals surface area contributed by atoms with Crippen LogP contribution in [-0.4, -0.2) is 37.1 Å². The third kappa shape index (κ3) is 6.53. The van der Waals surface area contributed by atoms with Crippen molar-refractivity contribution in [2.75, 3.05) is 25.9 Å². The van der Waals surface area contributed by atoms with E-state index in [9.17, 15) is 0 Å². The molecule has 1 saturated heterocycles. The van der Waals surface area contributed by atoms with E-state index in [4.69, 9.17) is 0 Å². The largest absolute Gasteiger partial charge is 0.356 e. The quantitative estimate of drug-likeness (QED) is 0.376. The lowest BCUT2D eigenvalue weighted by atomic mass is 10.2. The highest BCUT2D eigenvalue weighted by atomic mass is 127. The summed E-state index contributed by atoms with van der Waals surface area (Å²) in [6.07, 6.45) is 3.73. The third-order valence-electron chi connectivity index (χ3n) is 3.04. The number of guanidine groups is 1. The maximum absolute atomic E-state index is 4.26. The number of thioether (sulfide) groups is 1. The molecule has 1 aliphatic rings. The zero-order valence-corrected chi connectivity index (χ0v) is 17.1. The molecule has 3 nitrogen and oxygen atoms in total. The second-order valence-corrected chi connectivity index (χ2v) is 8.43. The molecule has 2 rings (SSSR count). The summed E-state index contributed by atoms with van der Waals surface area (Å²) in [6.45, 7) is 1.94. The van der Waals surface area contributed by atoms with E-state index < -0.39 is 0 Å². The van der Waals surface area contributed by atoms with Crippen LogP contribution in [0.5, 0.6) is 0 Å². The molecule has 0 aromatic carbocycles. The fourth-order valence-electron chi connectivity index (χ4n) is 2.03. The molecule has 1 unspecified atom stereocenters. The summed E-state index contributed by atoms with van der Waals surface area (Å²) < 4.78 is 1.20. The van der Waals surface area contributed by atoms with Crippen molar-refractivity contribution >= 4 is 69.0 Å².